The minimum Gasteiger partial charge on any atom is -0.477 e. The number of aryl methyl sites for hydroxylation is 1. The smallest absolute Gasteiger partial charge is 0.354 e. The maximum Gasteiger partial charge on any atom is 0.354 e. The van der Waals surface area contributed by atoms with Crippen molar-refractivity contribution in [2.75, 3.05) is 0 Å². The summed E-state index contributed by atoms with van der Waals surface area (Å²) in [7, 11) is 1.79. The first-order valence-corrected chi connectivity index (χ1v) is 9.82. The Morgan fingerprint density at radius 2 is 1.77 bits per heavy atom. The SMILES string of the molecule is Cn1c(=N)n(-c2ccnc(C(=O)O)c2)c2c3cc(-c4ccc(Cl)cc4)ccc3ncc21. The zero-order chi connectivity index (χ0) is 21.7. The van der Waals surface area contributed by atoms with Crippen LogP contribution in [0.4, 0.5) is 0 Å². The second-order valence-corrected chi connectivity index (χ2v) is 7.59. The van der Waals surface area contributed by atoms with Crippen molar-refractivity contribution in [1.29, 1.82) is 5.41 Å². The Labute approximate surface area is 181 Å². The predicted molar refractivity (Wildman–Crippen MR) is 119 cm³/mol. The molecule has 0 fully saturated rings. The number of carbonyl (C=O) groups is 1. The summed E-state index contributed by atoms with van der Waals surface area (Å²) < 4.78 is 3.44. The molecule has 2 aromatic carbocycles. The van der Waals surface area contributed by atoms with Gasteiger partial charge in [-0.25, -0.2) is 9.78 Å². The van der Waals surface area contributed by atoms with Gasteiger partial charge in [0.05, 0.1) is 28.4 Å². The summed E-state index contributed by atoms with van der Waals surface area (Å²) in [5.41, 5.74) is 4.97. The number of pyridine rings is 2. The van der Waals surface area contributed by atoms with Crippen LogP contribution in [0.2, 0.25) is 5.02 Å². The number of imidazole rings is 1. The van der Waals surface area contributed by atoms with E-state index in [0.717, 1.165) is 33.1 Å². The molecule has 0 aliphatic rings. The molecule has 0 unspecified atom stereocenters. The molecule has 31 heavy (non-hydrogen) atoms. The molecular formula is C23H16ClN5O2. The Hall–Kier alpha value is -3.97. The standard InChI is InChI=1S/C23H16ClN5O2/c1-28-20-12-27-18-7-4-14(13-2-5-15(24)6-3-13)10-17(18)21(20)29(23(28)25)16-8-9-26-19(11-16)22(30)31/h2-12,25H,1H3,(H,30,31). The zero-order valence-electron chi connectivity index (χ0n) is 16.4. The number of fused-ring (bicyclic) bond motifs is 3. The van der Waals surface area contributed by atoms with Crippen molar-refractivity contribution in [3.05, 3.63) is 83.3 Å². The Balaban J connectivity index is 1.85. The quantitative estimate of drug-likeness (QED) is 0.444. The van der Waals surface area contributed by atoms with Gasteiger partial charge in [0.1, 0.15) is 5.69 Å². The summed E-state index contributed by atoms with van der Waals surface area (Å²) >= 11 is 6.03. The Morgan fingerprint density at radius 1 is 1.03 bits per heavy atom. The second-order valence-electron chi connectivity index (χ2n) is 7.15. The predicted octanol–water partition coefficient (Wildman–Crippen LogP) is 4.41. The lowest BCUT2D eigenvalue weighted by molar-refractivity contribution is 0.0690. The molecule has 8 heteroatoms. The normalized spacial score (nSPS) is 11.3. The average Bonchev–Trinajstić information content (AvgIpc) is 3.04. The van der Waals surface area contributed by atoms with Crippen molar-refractivity contribution >= 4 is 39.5 Å². The summed E-state index contributed by atoms with van der Waals surface area (Å²) in [5.74, 6) is -1.12. The first kappa shape index (κ1) is 19.0. The Kier molecular flexibility index (Phi) is 4.34. The van der Waals surface area contributed by atoms with Crippen LogP contribution in [0.15, 0.2) is 67.0 Å². The van der Waals surface area contributed by atoms with E-state index in [0.29, 0.717) is 10.7 Å². The third-order valence-electron chi connectivity index (χ3n) is 5.33. The van der Waals surface area contributed by atoms with E-state index in [9.17, 15) is 9.90 Å². The van der Waals surface area contributed by atoms with Crippen molar-refractivity contribution in [3.8, 4) is 16.8 Å². The summed E-state index contributed by atoms with van der Waals surface area (Å²) in [6.45, 7) is 0. The largest absolute Gasteiger partial charge is 0.477 e. The average molecular weight is 430 g/mol. The number of nitrogens with one attached hydrogen (secondary N) is 1. The first-order chi connectivity index (χ1) is 14.9. The first-order valence-electron chi connectivity index (χ1n) is 9.44. The molecule has 3 aromatic heterocycles. The highest BCUT2D eigenvalue weighted by atomic mass is 35.5. The number of carboxylic acid groups (broad SMARTS) is 1. The van der Waals surface area contributed by atoms with Crippen LogP contribution < -0.4 is 5.62 Å². The molecule has 152 valence electrons. The van der Waals surface area contributed by atoms with Gasteiger partial charge in [-0.1, -0.05) is 29.8 Å². The number of aromatic nitrogens is 4. The molecule has 3 heterocycles. The zero-order valence-corrected chi connectivity index (χ0v) is 17.1. The van der Waals surface area contributed by atoms with Crippen LogP contribution in [0.25, 0.3) is 38.8 Å². The van der Waals surface area contributed by atoms with E-state index in [1.807, 2.05) is 42.5 Å². The van der Waals surface area contributed by atoms with Crippen LogP contribution in [0, 0.1) is 5.41 Å². The van der Waals surface area contributed by atoms with Crippen LogP contribution in [0.1, 0.15) is 10.5 Å². The van der Waals surface area contributed by atoms with Crippen molar-refractivity contribution in [2.45, 2.75) is 0 Å². The molecule has 0 amide bonds. The lowest BCUT2D eigenvalue weighted by Gasteiger charge is -2.09. The third kappa shape index (κ3) is 3.06. The fourth-order valence-electron chi connectivity index (χ4n) is 3.77. The van der Waals surface area contributed by atoms with E-state index >= 15 is 0 Å². The van der Waals surface area contributed by atoms with Gasteiger partial charge in [-0.3, -0.25) is 15.0 Å². The molecular weight excluding hydrogens is 414 g/mol. The number of nitrogens with zero attached hydrogens (tertiary/aromatic N) is 4. The molecule has 2 N–H and O–H groups in total. The van der Waals surface area contributed by atoms with E-state index in [2.05, 4.69) is 9.97 Å². The molecule has 7 nitrogen and oxygen atoms in total. The maximum atomic E-state index is 11.4. The van der Waals surface area contributed by atoms with E-state index in [4.69, 9.17) is 17.0 Å². The molecule has 0 aliphatic carbocycles. The van der Waals surface area contributed by atoms with Gasteiger partial charge < -0.3 is 9.67 Å². The molecule has 5 aromatic rings. The fourth-order valence-corrected chi connectivity index (χ4v) is 3.89. The third-order valence-corrected chi connectivity index (χ3v) is 5.59. The van der Waals surface area contributed by atoms with Crippen LogP contribution in [-0.4, -0.2) is 30.2 Å². The van der Waals surface area contributed by atoms with E-state index < -0.39 is 5.97 Å². The lowest BCUT2D eigenvalue weighted by atomic mass is 10.0. The topological polar surface area (TPSA) is 96.8 Å². The number of rotatable bonds is 3. The van der Waals surface area contributed by atoms with Gasteiger partial charge in [-0.05, 0) is 47.5 Å². The van der Waals surface area contributed by atoms with Gasteiger partial charge >= 0.3 is 5.97 Å². The van der Waals surface area contributed by atoms with Gasteiger partial charge in [0.25, 0.3) is 0 Å². The van der Waals surface area contributed by atoms with Gasteiger partial charge in [0, 0.05) is 23.7 Å². The lowest BCUT2D eigenvalue weighted by Crippen LogP contribution is -2.21. The number of aromatic carboxylic acids is 1. The van der Waals surface area contributed by atoms with Crippen LogP contribution >= 0.6 is 11.6 Å². The maximum absolute atomic E-state index is 11.4. The molecule has 0 atom stereocenters. The van der Waals surface area contributed by atoms with Crippen molar-refractivity contribution in [3.63, 3.8) is 0 Å². The molecule has 0 saturated carbocycles. The molecule has 0 spiro atoms. The summed E-state index contributed by atoms with van der Waals surface area (Å²) in [4.78, 5) is 19.9. The molecule has 0 radical (unpaired) electrons. The number of carboxylic acids is 1. The van der Waals surface area contributed by atoms with Crippen molar-refractivity contribution in [1.82, 2.24) is 19.1 Å². The minimum atomic E-state index is -1.12. The second kappa shape index (κ2) is 7.07. The van der Waals surface area contributed by atoms with E-state index in [-0.39, 0.29) is 11.3 Å². The van der Waals surface area contributed by atoms with Gasteiger partial charge in [0.15, 0.2) is 0 Å². The molecule has 0 aliphatic heterocycles. The van der Waals surface area contributed by atoms with Crippen molar-refractivity contribution in [2.24, 2.45) is 7.05 Å². The van der Waals surface area contributed by atoms with Gasteiger partial charge in [-0.15, -0.1) is 0 Å². The highest BCUT2D eigenvalue weighted by molar-refractivity contribution is 6.30. The highest BCUT2D eigenvalue weighted by Gasteiger charge is 2.16. The summed E-state index contributed by atoms with van der Waals surface area (Å²) in [6.07, 6.45) is 3.17. The molecule has 5 rings (SSSR count). The monoisotopic (exact) mass is 429 g/mol. The van der Waals surface area contributed by atoms with E-state index in [1.54, 1.807) is 28.4 Å². The Morgan fingerprint density at radius 3 is 2.52 bits per heavy atom. The molecule has 0 bridgehead atoms. The van der Waals surface area contributed by atoms with Gasteiger partial charge in [-0.2, -0.15) is 0 Å². The van der Waals surface area contributed by atoms with Crippen LogP contribution in [0.5, 0.6) is 0 Å². The van der Waals surface area contributed by atoms with E-state index in [1.165, 1.54) is 12.3 Å². The summed E-state index contributed by atoms with van der Waals surface area (Å²) in [6, 6.07) is 16.7. The number of halogens is 1. The van der Waals surface area contributed by atoms with Crippen LogP contribution in [-0.2, 0) is 7.05 Å². The molecule has 0 saturated heterocycles. The Bertz CT molecular complexity index is 1550. The van der Waals surface area contributed by atoms with Gasteiger partial charge in [0.2, 0.25) is 5.62 Å². The number of hydrogen-bond acceptors (Lipinski definition) is 4. The highest BCUT2D eigenvalue weighted by Crippen LogP contribution is 2.30. The fraction of sp³-hybridized carbons (Fsp3) is 0.0435. The van der Waals surface area contributed by atoms with Crippen LogP contribution in [0.3, 0.4) is 0 Å². The minimum absolute atomic E-state index is 0.0818. The van der Waals surface area contributed by atoms with Crippen molar-refractivity contribution < 1.29 is 9.90 Å². The number of hydrogen-bond donors (Lipinski definition) is 2. The number of benzene rings is 2. The summed E-state index contributed by atoms with van der Waals surface area (Å²) in [5, 5.41) is 19.5.